The van der Waals surface area contributed by atoms with E-state index in [0.29, 0.717) is 0 Å². The number of rotatable bonds is 3. The minimum absolute atomic E-state index is 0.116. The van der Waals surface area contributed by atoms with Crippen molar-refractivity contribution in [1.29, 1.82) is 0 Å². The fourth-order valence-electron chi connectivity index (χ4n) is 2.44. The van der Waals surface area contributed by atoms with Gasteiger partial charge in [0.05, 0.1) is 12.1 Å². The van der Waals surface area contributed by atoms with Crippen molar-refractivity contribution in [3.63, 3.8) is 0 Å². The van der Waals surface area contributed by atoms with Crippen molar-refractivity contribution in [3.8, 4) is 5.69 Å². The Morgan fingerprint density at radius 3 is 2.45 bits per heavy atom. The van der Waals surface area contributed by atoms with Gasteiger partial charge in [0.15, 0.2) is 0 Å². The summed E-state index contributed by atoms with van der Waals surface area (Å²) in [5, 5.41) is 19.6. The molecular weight excluding hydrogens is 254 g/mol. The Morgan fingerprint density at radius 1 is 1.05 bits per heavy atom. The molecule has 0 aliphatic carbocycles. The van der Waals surface area contributed by atoms with Crippen LogP contribution in [0.5, 0.6) is 0 Å². The van der Waals surface area contributed by atoms with Crippen molar-refractivity contribution >= 4 is 16.9 Å². The van der Waals surface area contributed by atoms with Crippen LogP contribution in [0.15, 0.2) is 54.6 Å². The summed E-state index contributed by atoms with van der Waals surface area (Å²) >= 11 is 0. The molecule has 0 radical (unpaired) electrons. The lowest BCUT2D eigenvalue weighted by Gasteiger charge is -2.08. The number of aliphatic hydroxyl groups excluding tert-OH is 1. The number of para-hydroxylation sites is 1. The summed E-state index contributed by atoms with van der Waals surface area (Å²) in [6, 6.07) is 16.4. The van der Waals surface area contributed by atoms with E-state index in [1.165, 1.54) is 0 Å². The Bertz CT molecular complexity index is 775. The van der Waals surface area contributed by atoms with Gasteiger partial charge in [0, 0.05) is 11.1 Å². The fraction of sp³-hybridized carbons (Fsp3) is 0.0625. The largest absolute Gasteiger partial charge is 0.477 e. The number of benzene rings is 2. The summed E-state index contributed by atoms with van der Waals surface area (Å²) < 4.78 is 1.69. The second-order valence-electron chi connectivity index (χ2n) is 4.51. The number of carboxylic acid groups (broad SMARTS) is 1. The Hall–Kier alpha value is -2.59. The Morgan fingerprint density at radius 2 is 1.80 bits per heavy atom. The maximum atomic E-state index is 11.5. The molecule has 0 aliphatic heterocycles. The maximum absolute atomic E-state index is 11.5. The highest BCUT2D eigenvalue weighted by atomic mass is 16.4. The van der Waals surface area contributed by atoms with E-state index in [2.05, 4.69) is 0 Å². The molecule has 0 saturated heterocycles. The standard InChI is InChI=1S/C16H13NO3/c18-10-11-5-4-8-14-13(11)9-15(16(19)20)17(14)12-6-2-1-3-7-12/h1-9,18H,10H2,(H,19,20). The smallest absolute Gasteiger partial charge is 0.352 e. The molecule has 100 valence electrons. The number of hydrogen-bond acceptors (Lipinski definition) is 2. The molecule has 1 aromatic heterocycles. The monoisotopic (exact) mass is 267 g/mol. The van der Waals surface area contributed by atoms with Crippen LogP contribution >= 0.6 is 0 Å². The van der Waals surface area contributed by atoms with Crippen molar-refractivity contribution in [2.24, 2.45) is 0 Å². The van der Waals surface area contributed by atoms with Gasteiger partial charge in [-0.2, -0.15) is 0 Å². The number of nitrogens with zero attached hydrogens (tertiary/aromatic N) is 1. The molecule has 2 N–H and O–H groups in total. The van der Waals surface area contributed by atoms with Gasteiger partial charge in [0.2, 0.25) is 0 Å². The van der Waals surface area contributed by atoms with Crippen molar-refractivity contribution in [2.75, 3.05) is 0 Å². The Labute approximate surface area is 115 Å². The van der Waals surface area contributed by atoms with Crippen molar-refractivity contribution in [1.82, 2.24) is 4.57 Å². The molecule has 2 aromatic carbocycles. The predicted octanol–water partition coefficient (Wildman–Crippen LogP) is 2.82. The summed E-state index contributed by atoms with van der Waals surface area (Å²) in [4.78, 5) is 11.5. The maximum Gasteiger partial charge on any atom is 0.352 e. The molecule has 0 spiro atoms. The van der Waals surface area contributed by atoms with E-state index in [1.807, 2.05) is 42.5 Å². The first-order valence-corrected chi connectivity index (χ1v) is 6.25. The molecule has 4 heteroatoms. The highest BCUT2D eigenvalue weighted by Gasteiger charge is 2.17. The topological polar surface area (TPSA) is 62.5 Å². The lowest BCUT2D eigenvalue weighted by Crippen LogP contribution is -2.06. The number of fused-ring (bicyclic) bond motifs is 1. The summed E-state index contributed by atoms with van der Waals surface area (Å²) in [5.74, 6) is -0.992. The summed E-state index contributed by atoms with van der Waals surface area (Å²) in [6.07, 6.45) is 0. The van der Waals surface area contributed by atoms with E-state index in [9.17, 15) is 15.0 Å². The second-order valence-corrected chi connectivity index (χ2v) is 4.51. The highest BCUT2D eigenvalue weighted by molar-refractivity contribution is 5.97. The first kappa shape index (κ1) is 12.4. The number of aliphatic hydroxyl groups is 1. The van der Waals surface area contributed by atoms with Gasteiger partial charge in [-0.3, -0.25) is 0 Å². The third-order valence-corrected chi connectivity index (χ3v) is 3.34. The minimum Gasteiger partial charge on any atom is -0.477 e. The van der Waals surface area contributed by atoms with Crippen molar-refractivity contribution in [2.45, 2.75) is 6.61 Å². The van der Waals surface area contributed by atoms with Crippen LogP contribution in [-0.4, -0.2) is 20.7 Å². The zero-order chi connectivity index (χ0) is 14.1. The summed E-state index contributed by atoms with van der Waals surface area (Å²) in [6.45, 7) is -0.116. The molecular formula is C16H13NO3. The van der Waals surface area contributed by atoms with E-state index in [4.69, 9.17) is 0 Å². The molecule has 0 aliphatic rings. The molecule has 0 atom stereocenters. The first-order valence-electron chi connectivity index (χ1n) is 6.25. The van der Waals surface area contributed by atoms with Crippen LogP contribution in [0.25, 0.3) is 16.6 Å². The Balaban J connectivity index is 2.40. The molecule has 0 fully saturated rings. The van der Waals surface area contributed by atoms with E-state index in [-0.39, 0.29) is 12.3 Å². The zero-order valence-corrected chi connectivity index (χ0v) is 10.7. The van der Waals surface area contributed by atoms with Gasteiger partial charge in [0.1, 0.15) is 5.69 Å². The van der Waals surface area contributed by atoms with Crippen LogP contribution in [0.3, 0.4) is 0 Å². The third-order valence-electron chi connectivity index (χ3n) is 3.34. The van der Waals surface area contributed by atoms with Gasteiger partial charge in [-0.1, -0.05) is 30.3 Å². The molecule has 0 saturated carbocycles. The van der Waals surface area contributed by atoms with Gasteiger partial charge in [-0.05, 0) is 29.8 Å². The molecule has 0 bridgehead atoms. The molecule has 3 rings (SSSR count). The zero-order valence-electron chi connectivity index (χ0n) is 10.7. The molecule has 1 heterocycles. The minimum atomic E-state index is -0.992. The normalized spacial score (nSPS) is 10.8. The summed E-state index contributed by atoms with van der Waals surface area (Å²) in [7, 11) is 0. The van der Waals surface area contributed by atoms with Gasteiger partial charge in [0.25, 0.3) is 0 Å². The molecule has 4 nitrogen and oxygen atoms in total. The van der Waals surface area contributed by atoms with Crippen molar-refractivity contribution in [3.05, 3.63) is 65.9 Å². The SMILES string of the molecule is O=C(O)c1cc2c(CO)cccc2n1-c1ccccc1. The predicted molar refractivity (Wildman–Crippen MR) is 76.2 cm³/mol. The third kappa shape index (κ3) is 1.87. The quantitative estimate of drug-likeness (QED) is 0.767. The van der Waals surface area contributed by atoms with E-state index < -0.39 is 5.97 Å². The number of aromatic carboxylic acids is 1. The molecule has 20 heavy (non-hydrogen) atoms. The summed E-state index contributed by atoms with van der Waals surface area (Å²) in [5.41, 5.74) is 2.47. The van der Waals surface area contributed by atoms with E-state index in [1.54, 1.807) is 16.7 Å². The van der Waals surface area contributed by atoms with E-state index in [0.717, 1.165) is 22.2 Å². The van der Waals surface area contributed by atoms with Crippen molar-refractivity contribution < 1.29 is 15.0 Å². The van der Waals surface area contributed by atoms with Crippen LogP contribution in [0.2, 0.25) is 0 Å². The van der Waals surface area contributed by atoms with Gasteiger partial charge >= 0.3 is 5.97 Å². The van der Waals surface area contributed by atoms with Crippen LogP contribution in [0, 0.1) is 0 Å². The number of hydrogen-bond donors (Lipinski definition) is 2. The Kier molecular flexibility index (Phi) is 3.00. The lowest BCUT2D eigenvalue weighted by atomic mass is 10.1. The highest BCUT2D eigenvalue weighted by Crippen LogP contribution is 2.27. The van der Waals surface area contributed by atoms with Crippen LogP contribution in [-0.2, 0) is 6.61 Å². The number of carbonyl (C=O) groups is 1. The average Bonchev–Trinajstić information content (AvgIpc) is 2.87. The molecule has 0 amide bonds. The van der Waals surface area contributed by atoms with Crippen LogP contribution < -0.4 is 0 Å². The van der Waals surface area contributed by atoms with Crippen LogP contribution in [0.1, 0.15) is 16.1 Å². The van der Waals surface area contributed by atoms with Gasteiger partial charge < -0.3 is 14.8 Å². The first-order chi connectivity index (χ1) is 9.72. The van der Waals surface area contributed by atoms with Crippen LogP contribution in [0.4, 0.5) is 0 Å². The fourth-order valence-corrected chi connectivity index (χ4v) is 2.44. The lowest BCUT2D eigenvalue weighted by molar-refractivity contribution is 0.0688. The van der Waals surface area contributed by atoms with Gasteiger partial charge in [-0.15, -0.1) is 0 Å². The molecule has 0 unspecified atom stereocenters. The molecule has 3 aromatic rings. The average molecular weight is 267 g/mol. The number of aromatic nitrogens is 1. The number of carboxylic acids is 1. The van der Waals surface area contributed by atoms with Gasteiger partial charge in [-0.25, -0.2) is 4.79 Å². The van der Waals surface area contributed by atoms with E-state index >= 15 is 0 Å². The second kappa shape index (κ2) is 4.83.